The van der Waals surface area contributed by atoms with Gasteiger partial charge in [0.1, 0.15) is 0 Å². The van der Waals surface area contributed by atoms with Gasteiger partial charge < -0.3 is 40.7 Å². The van der Waals surface area contributed by atoms with E-state index in [4.69, 9.17) is 5.73 Å². The number of halogens is 2. The van der Waals surface area contributed by atoms with Crippen molar-refractivity contribution in [1.29, 1.82) is 0 Å². The summed E-state index contributed by atoms with van der Waals surface area (Å²) in [4.78, 5) is 21.1. The van der Waals surface area contributed by atoms with Gasteiger partial charge in [-0.25, -0.2) is 0 Å². The Balaban J connectivity index is -0.000000294. The van der Waals surface area contributed by atoms with Gasteiger partial charge in [0.25, 0.3) is 0 Å². The molecule has 7 heteroatoms. The monoisotopic (exact) mass is 457 g/mol. The standard InChI is InChI=1S/C17H33NO.C3H7NO.2ClH.Ti/c1-4-7-11-17(12-8-5-2)13-9-10-15(14-17)18-16(19)6-3;1-2-3(4)5;;;/h15H,4-14H2,1-3H3,(H,18,19);2H2,1H3,(H2,4,5);2*1H;/q;;;;+3/p-3. The fourth-order valence-corrected chi connectivity index (χ4v) is 3.59. The Bertz CT molecular complexity index is 364. The summed E-state index contributed by atoms with van der Waals surface area (Å²) in [6, 6.07) is 0.440. The maximum Gasteiger partial charge on any atom is 3.00 e. The predicted molar refractivity (Wildman–Crippen MR) is 102 cm³/mol. The van der Waals surface area contributed by atoms with Crippen LogP contribution in [0, 0.1) is 5.41 Å². The van der Waals surface area contributed by atoms with Gasteiger partial charge in [-0.15, -0.1) is 0 Å². The Morgan fingerprint density at radius 3 is 1.85 bits per heavy atom. The predicted octanol–water partition coefficient (Wildman–Crippen LogP) is -0.197. The van der Waals surface area contributed by atoms with E-state index in [1.807, 2.05) is 6.92 Å². The topological polar surface area (TPSA) is 70.0 Å². The number of amides is 2. The number of hydrogen-bond donors (Lipinski definition) is 1. The Morgan fingerprint density at radius 2 is 1.48 bits per heavy atom. The van der Waals surface area contributed by atoms with Crippen molar-refractivity contribution in [3.63, 3.8) is 0 Å². The van der Waals surface area contributed by atoms with Crippen molar-refractivity contribution in [2.24, 2.45) is 5.41 Å². The zero-order chi connectivity index (χ0) is 18.4. The molecule has 1 saturated carbocycles. The second kappa shape index (κ2) is 21.0. The largest absolute Gasteiger partial charge is 3.00 e. The van der Waals surface area contributed by atoms with Crippen molar-refractivity contribution >= 4 is 11.8 Å². The SMILES string of the molecule is CCC([NH-])=O.CCCCC1(CCCC)CCCC(NC(=O)CC)C1.[Cl-].[Cl-].[Ti+3]. The first-order valence-corrected chi connectivity index (χ1v) is 9.96. The number of hydrogen-bond acceptors (Lipinski definition) is 2. The zero-order valence-corrected chi connectivity index (χ0v) is 20.7. The van der Waals surface area contributed by atoms with E-state index < -0.39 is 5.91 Å². The Morgan fingerprint density at radius 1 is 1.00 bits per heavy atom. The molecular formula is C20H39Cl2N2O2Ti. The number of nitrogens with one attached hydrogen (secondary N) is 2. The van der Waals surface area contributed by atoms with E-state index >= 15 is 0 Å². The summed E-state index contributed by atoms with van der Waals surface area (Å²) in [5.41, 5.74) is 6.71. The summed E-state index contributed by atoms with van der Waals surface area (Å²) in [6.45, 7) is 8.17. The van der Waals surface area contributed by atoms with Crippen molar-refractivity contribution in [3.05, 3.63) is 5.73 Å². The van der Waals surface area contributed by atoms with E-state index in [0.29, 0.717) is 24.3 Å². The van der Waals surface area contributed by atoms with Crippen LogP contribution < -0.4 is 30.1 Å². The molecule has 2 amide bonds. The fraction of sp³-hybridized carbons (Fsp3) is 0.900. The molecule has 0 saturated heterocycles. The molecule has 1 unspecified atom stereocenters. The Hall–Kier alpha value is 0.234. The number of unbranched alkanes of at least 4 members (excludes halogenated alkanes) is 2. The maximum atomic E-state index is 11.6. The fourth-order valence-electron chi connectivity index (χ4n) is 3.59. The van der Waals surface area contributed by atoms with Gasteiger partial charge in [0.15, 0.2) is 0 Å². The Labute approximate surface area is 194 Å². The normalized spacial score (nSPS) is 17.0. The molecule has 0 aliphatic heterocycles. The summed E-state index contributed by atoms with van der Waals surface area (Å²) < 4.78 is 0. The summed E-state index contributed by atoms with van der Waals surface area (Å²) >= 11 is 0. The molecule has 27 heavy (non-hydrogen) atoms. The van der Waals surface area contributed by atoms with Crippen LogP contribution in [0.25, 0.3) is 5.73 Å². The summed E-state index contributed by atoms with van der Waals surface area (Å²) in [6.07, 6.45) is 14.0. The third-order valence-electron chi connectivity index (χ3n) is 5.07. The van der Waals surface area contributed by atoms with Crippen molar-refractivity contribution in [2.45, 2.75) is 111 Å². The molecule has 2 N–H and O–H groups in total. The van der Waals surface area contributed by atoms with Gasteiger partial charge >= 0.3 is 21.7 Å². The molecule has 159 valence electrons. The molecule has 1 rings (SSSR count). The molecule has 4 nitrogen and oxygen atoms in total. The number of rotatable bonds is 9. The van der Waals surface area contributed by atoms with Crippen LogP contribution in [0.1, 0.15) is 105 Å². The van der Waals surface area contributed by atoms with E-state index in [9.17, 15) is 9.59 Å². The van der Waals surface area contributed by atoms with Crippen LogP contribution in [0.15, 0.2) is 0 Å². The van der Waals surface area contributed by atoms with Crippen LogP contribution in [-0.2, 0) is 31.3 Å². The molecule has 1 fully saturated rings. The van der Waals surface area contributed by atoms with E-state index in [1.165, 1.54) is 64.2 Å². The first kappa shape index (κ1) is 34.7. The third kappa shape index (κ3) is 16.9. The van der Waals surface area contributed by atoms with Crippen molar-refractivity contribution in [2.75, 3.05) is 0 Å². The van der Waals surface area contributed by atoms with E-state index in [1.54, 1.807) is 6.92 Å². The first-order chi connectivity index (χ1) is 11.4. The van der Waals surface area contributed by atoms with E-state index in [2.05, 4.69) is 19.2 Å². The molecule has 1 aliphatic carbocycles. The van der Waals surface area contributed by atoms with Crippen molar-refractivity contribution in [1.82, 2.24) is 5.32 Å². The van der Waals surface area contributed by atoms with Gasteiger partial charge in [-0.2, -0.15) is 0 Å². The van der Waals surface area contributed by atoms with Crippen LogP contribution in [0.4, 0.5) is 0 Å². The van der Waals surface area contributed by atoms with Crippen LogP contribution in [0.5, 0.6) is 0 Å². The molecule has 1 radical (unpaired) electrons. The van der Waals surface area contributed by atoms with Crippen LogP contribution >= 0.6 is 0 Å². The average Bonchev–Trinajstić information content (AvgIpc) is 2.59. The van der Waals surface area contributed by atoms with Crippen molar-refractivity contribution < 1.29 is 56.1 Å². The Kier molecular flexibility index (Phi) is 26.9. The smallest absolute Gasteiger partial charge is 1.00 e. The molecule has 1 aliphatic rings. The quantitative estimate of drug-likeness (QED) is 0.487. The minimum absolute atomic E-state index is 0. The van der Waals surface area contributed by atoms with Gasteiger partial charge in [0.2, 0.25) is 5.91 Å². The van der Waals surface area contributed by atoms with Gasteiger partial charge in [-0.05, 0) is 43.9 Å². The molecule has 0 aromatic carbocycles. The average molecular weight is 458 g/mol. The molecule has 0 heterocycles. The van der Waals surface area contributed by atoms with E-state index in [-0.39, 0.29) is 52.4 Å². The molecular weight excluding hydrogens is 419 g/mol. The van der Waals surface area contributed by atoms with Gasteiger partial charge in [-0.1, -0.05) is 59.8 Å². The van der Waals surface area contributed by atoms with Crippen LogP contribution in [0.2, 0.25) is 0 Å². The summed E-state index contributed by atoms with van der Waals surface area (Å²) in [5, 5.41) is 3.24. The second-order valence-electron chi connectivity index (χ2n) is 7.20. The molecule has 0 aromatic heterocycles. The molecule has 0 spiro atoms. The zero-order valence-electron chi connectivity index (χ0n) is 17.6. The van der Waals surface area contributed by atoms with Gasteiger partial charge in [0, 0.05) is 18.4 Å². The van der Waals surface area contributed by atoms with Crippen molar-refractivity contribution in [3.8, 4) is 0 Å². The second-order valence-corrected chi connectivity index (χ2v) is 7.20. The molecule has 0 aromatic rings. The minimum Gasteiger partial charge on any atom is -1.00 e. The molecule has 0 bridgehead atoms. The van der Waals surface area contributed by atoms with Gasteiger partial charge in [0.05, 0.1) is 0 Å². The summed E-state index contributed by atoms with van der Waals surface area (Å²) in [7, 11) is 0. The van der Waals surface area contributed by atoms with E-state index in [0.717, 1.165) is 0 Å². The minimum atomic E-state index is -0.495. The third-order valence-corrected chi connectivity index (χ3v) is 5.07. The van der Waals surface area contributed by atoms with Crippen LogP contribution in [0.3, 0.4) is 0 Å². The maximum absolute atomic E-state index is 11.6. The first-order valence-electron chi connectivity index (χ1n) is 9.96. The number of carbonyl (C=O) groups excluding carboxylic acids is 2. The molecule has 1 atom stereocenters. The number of carbonyl (C=O) groups is 2. The summed E-state index contributed by atoms with van der Waals surface area (Å²) in [5.74, 6) is -0.267. The van der Waals surface area contributed by atoms with Crippen LogP contribution in [-0.4, -0.2) is 17.9 Å². The van der Waals surface area contributed by atoms with Gasteiger partial charge in [-0.3, -0.25) is 4.79 Å².